The zero-order chi connectivity index (χ0) is 19.7. The normalized spacial score (nSPS) is 17.4. The Hall–Kier alpha value is -2.54. The second-order valence-electron chi connectivity index (χ2n) is 6.58. The first-order valence-corrected chi connectivity index (χ1v) is 9.70. The van der Waals surface area contributed by atoms with Gasteiger partial charge >= 0.3 is 5.97 Å². The molecule has 1 saturated heterocycles. The molecule has 2 heterocycles. The third kappa shape index (κ3) is 3.51. The summed E-state index contributed by atoms with van der Waals surface area (Å²) >= 11 is 0.848. The van der Waals surface area contributed by atoms with E-state index in [4.69, 9.17) is 4.74 Å². The quantitative estimate of drug-likeness (QED) is 0.569. The Balaban J connectivity index is 1.97. The zero-order valence-electron chi connectivity index (χ0n) is 15.8. The minimum Gasteiger partial charge on any atom is -0.464 e. The smallest absolute Gasteiger partial charge is 0.329 e. The fourth-order valence-electron chi connectivity index (χ4n) is 3.10. The number of nitrogens with zero attached hydrogens (tertiary/aromatic N) is 2. The summed E-state index contributed by atoms with van der Waals surface area (Å²) < 4.78 is 7.07. The van der Waals surface area contributed by atoms with Crippen LogP contribution in [0, 0.1) is 0 Å². The van der Waals surface area contributed by atoms with Crippen molar-refractivity contribution in [1.82, 2.24) is 9.47 Å². The number of carbonyl (C=O) groups is 3. The van der Waals surface area contributed by atoms with Crippen LogP contribution in [0.4, 0.5) is 4.79 Å². The van der Waals surface area contributed by atoms with E-state index in [1.165, 1.54) is 6.92 Å². The average molecular weight is 386 g/mol. The Morgan fingerprint density at radius 1 is 1.22 bits per heavy atom. The van der Waals surface area contributed by atoms with Crippen molar-refractivity contribution in [2.75, 3.05) is 6.61 Å². The minimum absolute atomic E-state index is 0.198. The van der Waals surface area contributed by atoms with E-state index in [2.05, 4.69) is 18.4 Å². The lowest BCUT2D eigenvalue weighted by atomic mass is 10.1. The van der Waals surface area contributed by atoms with Crippen molar-refractivity contribution < 1.29 is 19.1 Å². The Kier molecular flexibility index (Phi) is 5.41. The predicted octanol–water partition coefficient (Wildman–Crippen LogP) is 4.21. The molecule has 2 aromatic rings. The third-order valence-corrected chi connectivity index (χ3v) is 5.34. The number of aromatic nitrogens is 1. The van der Waals surface area contributed by atoms with Gasteiger partial charge in [0.05, 0.1) is 11.5 Å². The number of carbonyl (C=O) groups excluding carboxylic acids is 3. The number of fused-ring (bicyclic) bond motifs is 1. The van der Waals surface area contributed by atoms with Crippen molar-refractivity contribution >= 4 is 45.9 Å². The molecule has 1 atom stereocenters. The first-order chi connectivity index (χ1) is 12.8. The zero-order valence-corrected chi connectivity index (χ0v) is 16.6. The van der Waals surface area contributed by atoms with Crippen LogP contribution in [-0.2, 0) is 14.3 Å². The van der Waals surface area contributed by atoms with Crippen LogP contribution in [0.2, 0.25) is 0 Å². The lowest BCUT2D eigenvalue weighted by molar-refractivity contribution is -0.150. The van der Waals surface area contributed by atoms with Crippen LogP contribution < -0.4 is 0 Å². The maximum Gasteiger partial charge on any atom is 0.329 e. The van der Waals surface area contributed by atoms with Crippen molar-refractivity contribution in [2.45, 2.75) is 39.8 Å². The molecule has 1 unspecified atom stereocenters. The van der Waals surface area contributed by atoms with E-state index in [1.54, 1.807) is 13.0 Å². The maximum absolute atomic E-state index is 12.7. The van der Waals surface area contributed by atoms with Crippen molar-refractivity contribution in [3.8, 4) is 0 Å². The molecule has 0 saturated carbocycles. The fourth-order valence-corrected chi connectivity index (χ4v) is 4.00. The molecule has 27 heavy (non-hydrogen) atoms. The summed E-state index contributed by atoms with van der Waals surface area (Å²) in [7, 11) is 0. The molecule has 0 aliphatic carbocycles. The maximum atomic E-state index is 12.7. The third-order valence-electron chi connectivity index (χ3n) is 4.45. The van der Waals surface area contributed by atoms with Crippen LogP contribution in [0.3, 0.4) is 0 Å². The van der Waals surface area contributed by atoms with Crippen LogP contribution >= 0.6 is 11.8 Å². The van der Waals surface area contributed by atoms with Crippen LogP contribution in [0.25, 0.3) is 17.0 Å². The predicted molar refractivity (Wildman–Crippen MR) is 106 cm³/mol. The first kappa shape index (κ1) is 19.2. The summed E-state index contributed by atoms with van der Waals surface area (Å²) in [5, 5.41) is 0.552. The Morgan fingerprint density at radius 3 is 2.59 bits per heavy atom. The van der Waals surface area contributed by atoms with Crippen molar-refractivity contribution in [3.63, 3.8) is 0 Å². The molecule has 7 heteroatoms. The molecule has 1 aromatic heterocycles. The molecule has 2 amide bonds. The van der Waals surface area contributed by atoms with E-state index >= 15 is 0 Å². The molecule has 142 valence electrons. The molecular formula is C20H22N2O4S. The fraction of sp³-hybridized carbons (Fsp3) is 0.350. The summed E-state index contributed by atoms with van der Waals surface area (Å²) in [6.07, 6.45) is 3.71. The number of thioether (sulfide) groups is 1. The number of ether oxygens (including phenoxy) is 1. The highest BCUT2D eigenvalue weighted by molar-refractivity contribution is 8.18. The van der Waals surface area contributed by atoms with Gasteiger partial charge in [-0.25, -0.2) is 4.79 Å². The van der Waals surface area contributed by atoms with Gasteiger partial charge in [-0.1, -0.05) is 18.2 Å². The standard InChI is InChI=1S/C20H22N2O4S/c1-5-26-19(24)13(4)22-18(23)17(27-20(22)25)10-14-11-21(12(2)3)16-9-7-6-8-15(14)16/h6-13H,5H2,1-4H3/b17-10+. The summed E-state index contributed by atoms with van der Waals surface area (Å²) in [6.45, 7) is 7.56. The van der Waals surface area contributed by atoms with Gasteiger partial charge in [-0.3, -0.25) is 14.5 Å². The summed E-state index contributed by atoms with van der Waals surface area (Å²) in [6, 6.07) is 7.25. The summed E-state index contributed by atoms with van der Waals surface area (Å²) in [5.41, 5.74) is 1.94. The Bertz CT molecular complexity index is 945. The summed E-state index contributed by atoms with van der Waals surface area (Å²) in [4.78, 5) is 38.3. The van der Waals surface area contributed by atoms with Gasteiger partial charge in [0.25, 0.3) is 11.1 Å². The Labute approximate surface area is 162 Å². The molecular weight excluding hydrogens is 364 g/mol. The number of rotatable bonds is 5. The lowest BCUT2D eigenvalue weighted by Gasteiger charge is -2.19. The molecule has 1 aliphatic rings. The molecule has 6 nitrogen and oxygen atoms in total. The monoisotopic (exact) mass is 386 g/mol. The minimum atomic E-state index is -0.944. The van der Waals surface area contributed by atoms with Crippen LogP contribution in [0.1, 0.15) is 39.3 Å². The number of esters is 1. The molecule has 0 radical (unpaired) electrons. The molecule has 0 N–H and O–H groups in total. The van der Waals surface area contributed by atoms with Crippen molar-refractivity contribution in [1.29, 1.82) is 0 Å². The van der Waals surface area contributed by atoms with E-state index in [0.29, 0.717) is 4.91 Å². The molecule has 0 spiro atoms. The van der Waals surface area contributed by atoms with Crippen LogP contribution in [0.5, 0.6) is 0 Å². The highest BCUT2D eigenvalue weighted by atomic mass is 32.2. The molecule has 1 fully saturated rings. The molecule has 1 aromatic carbocycles. The largest absolute Gasteiger partial charge is 0.464 e. The number of imide groups is 1. The average Bonchev–Trinajstić information content (AvgIpc) is 3.13. The van der Waals surface area contributed by atoms with E-state index in [0.717, 1.165) is 33.1 Å². The highest BCUT2D eigenvalue weighted by Crippen LogP contribution is 2.35. The summed E-state index contributed by atoms with van der Waals surface area (Å²) in [5.74, 6) is -1.05. The number of hydrogen-bond donors (Lipinski definition) is 0. The molecule has 1 aliphatic heterocycles. The molecule has 3 rings (SSSR count). The van der Waals surface area contributed by atoms with Gasteiger partial charge < -0.3 is 9.30 Å². The lowest BCUT2D eigenvalue weighted by Crippen LogP contribution is -2.42. The number of hydrogen-bond acceptors (Lipinski definition) is 5. The highest BCUT2D eigenvalue weighted by Gasteiger charge is 2.41. The first-order valence-electron chi connectivity index (χ1n) is 8.88. The molecule has 0 bridgehead atoms. The van der Waals surface area contributed by atoms with E-state index in [9.17, 15) is 14.4 Å². The van der Waals surface area contributed by atoms with Gasteiger partial charge in [0.2, 0.25) is 0 Å². The Morgan fingerprint density at radius 2 is 1.93 bits per heavy atom. The van der Waals surface area contributed by atoms with Crippen molar-refractivity contribution in [2.24, 2.45) is 0 Å². The van der Waals surface area contributed by atoms with E-state index in [1.807, 2.05) is 30.5 Å². The second kappa shape index (κ2) is 7.60. The number of benzene rings is 1. The van der Waals surface area contributed by atoms with Gasteiger partial charge in [0.15, 0.2) is 0 Å². The van der Waals surface area contributed by atoms with Gasteiger partial charge in [-0.15, -0.1) is 0 Å². The van der Waals surface area contributed by atoms with Gasteiger partial charge in [-0.05, 0) is 51.6 Å². The van der Waals surface area contributed by atoms with Crippen molar-refractivity contribution in [3.05, 3.63) is 40.9 Å². The van der Waals surface area contributed by atoms with Gasteiger partial charge in [0.1, 0.15) is 6.04 Å². The van der Waals surface area contributed by atoms with E-state index in [-0.39, 0.29) is 12.6 Å². The SMILES string of the molecule is CCOC(=O)C(C)N1C(=O)S/C(=C/c2cn(C(C)C)c3ccccc23)C1=O. The number of para-hydroxylation sites is 1. The van der Waals surface area contributed by atoms with Crippen LogP contribution in [-0.4, -0.2) is 39.2 Å². The second-order valence-corrected chi connectivity index (χ2v) is 7.58. The number of amides is 2. The van der Waals surface area contributed by atoms with E-state index < -0.39 is 23.2 Å². The topological polar surface area (TPSA) is 68.6 Å². The van der Waals surface area contributed by atoms with Crippen LogP contribution in [0.15, 0.2) is 35.4 Å². The van der Waals surface area contributed by atoms with Gasteiger partial charge in [0, 0.05) is 28.7 Å². The van der Waals surface area contributed by atoms with Gasteiger partial charge in [-0.2, -0.15) is 0 Å².